The number of aromatic nitrogens is 2. The fraction of sp³-hybridized carbons (Fsp3) is 0.357. The van der Waals surface area contributed by atoms with Crippen LogP contribution in [0.3, 0.4) is 0 Å². The summed E-state index contributed by atoms with van der Waals surface area (Å²) in [7, 11) is 0. The molecule has 2 atom stereocenters. The third-order valence-electron chi connectivity index (χ3n) is 3.46. The van der Waals surface area contributed by atoms with Gasteiger partial charge in [-0.3, -0.25) is 0 Å². The molecule has 0 bridgehead atoms. The molecule has 1 aromatic carbocycles. The molecule has 0 saturated carbocycles. The van der Waals surface area contributed by atoms with Gasteiger partial charge >= 0.3 is 0 Å². The van der Waals surface area contributed by atoms with Gasteiger partial charge in [-0.2, -0.15) is 0 Å². The van der Waals surface area contributed by atoms with E-state index in [2.05, 4.69) is 27.8 Å². The van der Waals surface area contributed by atoms with Crippen LogP contribution in [-0.4, -0.2) is 14.7 Å². The van der Waals surface area contributed by atoms with E-state index in [-0.39, 0.29) is 6.10 Å². The summed E-state index contributed by atoms with van der Waals surface area (Å²) in [6.45, 7) is 2.91. The van der Waals surface area contributed by atoms with Crippen molar-refractivity contribution in [2.24, 2.45) is 0 Å². The average Bonchev–Trinajstić information content (AvgIpc) is 2.86. The number of aryl methyl sites for hydroxylation is 1. The van der Waals surface area contributed by atoms with Gasteiger partial charge in [-0.15, -0.1) is 0 Å². The van der Waals surface area contributed by atoms with E-state index in [1.807, 2.05) is 29.0 Å². The Morgan fingerprint density at radius 3 is 3.16 bits per heavy atom. The molecule has 0 radical (unpaired) electrons. The second-order valence-electron chi connectivity index (χ2n) is 4.64. The fourth-order valence-corrected chi connectivity index (χ4v) is 2.80. The lowest BCUT2D eigenvalue weighted by Crippen LogP contribution is -2.21. The summed E-state index contributed by atoms with van der Waals surface area (Å²) < 4.78 is 9.01. The number of benzene rings is 1. The maximum Gasteiger partial charge on any atom is 0.143 e. The highest BCUT2D eigenvalue weighted by atomic mass is 79.9. The van der Waals surface area contributed by atoms with Crippen molar-refractivity contribution in [1.29, 1.82) is 0 Å². The Balaban J connectivity index is 1.96. The van der Waals surface area contributed by atoms with Crippen molar-refractivity contribution in [3.63, 3.8) is 0 Å². The molecule has 0 amide bonds. The topological polar surface area (TPSA) is 47.3 Å². The summed E-state index contributed by atoms with van der Waals surface area (Å²) in [5.74, 6) is 0.738. The van der Waals surface area contributed by atoms with Crippen LogP contribution in [0, 0.1) is 0 Å². The Labute approximate surface area is 120 Å². The van der Waals surface area contributed by atoms with Crippen LogP contribution < -0.4 is 4.74 Å². The van der Waals surface area contributed by atoms with Crippen LogP contribution in [0.1, 0.15) is 36.8 Å². The summed E-state index contributed by atoms with van der Waals surface area (Å²) >= 11 is 3.43. The molecule has 0 fully saturated rings. The van der Waals surface area contributed by atoms with Crippen LogP contribution in [-0.2, 0) is 6.54 Å². The molecular weight excluding hydrogens is 308 g/mol. The van der Waals surface area contributed by atoms with E-state index in [0.29, 0.717) is 6.42 Å². The second kappa shape index (κ2) is 4.98. The summed E-state index contributed by atoms with van der Waals surface area (Å²) in [6, 6.07) is 5.72. The first kappa shape index (κ1) is 12.7. The number of aliphatic hydroxyl groups is 1. The minimum absolute atomic E-state index is 0.153. The Kier molecular flexibility index (Phi) is 3.33. The van der Waals surface area contributed by atoms with Crippen molar-refractivity contribution in [2.75, 3.05) is 0 Å². The lowest BCUT2D eigenvalue weighted by Gasteiger charge is -2.30. The second-order valence-corrected chi connectivity index (χ2v) is 5.56. The largest absolute Gasteiger partial charge is 0.484 e. The van der Waals surface area contributed by atoms with E-state index >= 15 is 0 Å². The van der Waals surface area contributed by atoms with Crippen molar-refractivity contribution < 1.29 is 9.84 Å². The molecule has 2 heterocycles. The molecule has 1 N–H and O–H groups in total. The highest BCUT2D eigenvalue weighted by molar-refractivity contribution is 9.10. The summed E-state index contributed by atoms with van der Waals surface area (Å²) in [5, 5.41) is 10.3. The number of halogens is 1. The zero-order valence-corrected chi connectivity index (χ0v) is 12.2. The van der Waals surface area contributed by atoms with Gasteiger partial charge in [0.25, 0.3) is 0 Å². The molecule has 1 aromatic heterocycles. The smallest absolute Gasteiger partial charge is 0.143 e. The molecule has 0 saturated heterocycles. The number of rotatable bonds is 2. The molecule has 4 nitrogen and oxygen atoms in total. The molecule has 19 heavy (non-hydrogen) atoms. The van der Waals surface area contributed by atoms with Crippen molar-refractivity contribution >= 4 is 15.9 Å². The van der Waals surface area contributed by atoms with Gasteiger partial charge in [0, 0.05) is 23.0 Å². The number of fused-ring (bicyclic) bond motifs is 1. The van der Waals surface area contributed by atoms with Crippen LogP contribution in [0.15, 0.2) is 35.2 Å². The zero-order chi connectivity index (χ0) is 13.4. The lowest BCUT2D eigenvalue weighted by atomic mass is 9.98. The molecule has 0 aliphatic carbocycles. The number of ether oxygens (including phenoxy) is 1. The molecule has 1 aliphatic rings. The highest BCUT2D eigenvalue weighted by Crippen LogP contribution is 2.41. The van der Waals surface area contributed by atoms with Gasteiger partial charge < -0.3 is 14.4 Å². The third kappa shape index (κ3) is 2.28. The van der Waals surface area contributed by atoms with Crippen LogP contribution in [0.2, 0.25) is 0 Å². The van der Waals surface area contributed by atoms with Crippen LogP contribution in [0.25, 0.3) is 0 Å². The Morgan fingerprint density at radius 2 is 2.37 bits per heavy atom. The van der Waals surface area contributed by atoms with Gasteiger partial charge in [-0.25, -0.2) is 4.98 Å². The van der Waals surface area contributed by atoms with Crippen LogP contribution in [0.4, 0.5) is 0 Å². The maximum absolute atomic E-state index is 10.3. The summed E-state index contributed by atoms with van der Waals surface area (Å²) in [4.78, 5) is 4.16. The maximum atomic E-state index is 10.3. The molecule has 1 unspecified atom stereocenters. The third-order valence-corrected chi connectivity index (χ3v) is 3.95. The molecule has 3 rings (SSSR count). The van der Waals surface area contributed by atoms with E-state index < -0.39 is 6.10 Å². The van der Waals surface area contributed by atoms with Crippen LogP contribution >= 0.6 is 15.9 Å². The van der Waals surface area contributed by atoms with Crippen molar-refractivity contribution in [3.05, 3.63) is 46.5 Å². The first-order valence-corrected chi connectivity index (χ1v) is 7.12. The van der Waals surface area contributed by atoms with E-state index in [4.69, 9.17) is 4.74 Å². The number of nitrogens with zero attached hydrogens (tertiary/aromatic N) is 2. The van der Waals surface area contributed by atoms with Gasteiger partial charge in [0.05, 0.1) is 24.3 Å². The van der Waals surface area contributed by atoms with Gasteiger partial charge in [0.2, 0.25) is 0 Å². The van der Waals surface area contributed by atoms with Gasteiger partial charge in [-0.1, -0.05) is 22.0 Å². The average molecular weight is 323 g/mol. The van der Waals surface area contributed by atoms with E-state index in [1.54, 1.807) is 6.33 Å². The van der Waals surface area contributed by atoms with Crippen LogP contribution in [0.5, 0.6) is 5.75 Å². The number of hydrogen-bond acceptors (Lipinski definition) is 3. The summed E-state index contributed by atoms with van der Waals surface area (Å²) in [6.07, 6.45) is 3.51. The number of imidazole rings is 1. The van der Waals surface area contributed by atoms with Gasteiger partial charge in [-0.05, 0) is 19.1 Å². The molecule has 1 aliphatic heterocycles. The molecule has 0 spiro atoms. The Hall–Kier alpha value is -1.33. The minimum atomic E-state index is -0.498. The highest BCUT2D eigenvalue weighted by Gasteiger charge is 2.29. The zero-order valence-electron chi connectivity index (χ0n) is 10.6. The van der Waals surface area contributed by atoms with E-state index in [9.17, 15) is 5.11 Å². The van der Waals surface area contributed by atoms with Gasteiger partial charge in [0.15, 0.2) is 0 Å². The van der Waals surface area contributed by atoms with Crippen molar-refractivity contribution in [3.8, 4) is 5.75 Å². The molecular formula is C14H15BrN2O2. The SMILES string of the molecule is CCn1cncc1C1C[C@@H](O)c2ccc(Br)cc2O1. The first-order valence-electron chi connectivity index (χ1n) is 6.33. The molecule has 100 valence electrons. The molecule has 5 heteroatoms. The lowest BCUT2D eigenvalue weighted by molar-refractivity contribution is 0.0619. The Bertz CT molecular complexity index is 597. The number of aliphatic hydroxyl groups excluding tert-OH is 1. The predicted octanol–water partition coefficient (Wildman–Crippen LogP) is 3.22. The van der Waals surface area contributed by atoms with Crippen molar-refractivity contribution in [1.82, 2.24) is 9.55 Å². The molecule has 2 aromatic rings. The van der Waals surface area contributed by atoms with Crippen molar-refractivity contribution in [2.45, 2.75) is 32.1 Å². The normalized spacial score (nSPS) is 21.8. The monoisotopic (exact) mass is 322 g/mol. The quantitative estimate of drug-likeness (QED) is 0.923. The van der Waals surface area contributed by atoms with E-state index in [0.717, 1.165) is 28.0 Å². The number of hydrogen-bond donors (Lipinski definition) is 1. The summed E-state index contributed by atoms with van der Waals surface area (Å²) in [5.41, 5.74) is 1.86. The standard InChI is InChI=1S/C14H15BrN2O2/c1-2-17-8-16-7-11(17)14-6-12(18)10-4-3-9(15)5-13(10)19-14/h3-5,7-8,12,14,18H,2,6H2,1H3/t12-,14?/m1/s1. The fourth-order valence-electron chi connectivity index (χ4n) is 2.46. The first-order chi connectivity index (χ1) is 9.19. The van der Waals surface area contributed by atoms with E-state index in [1.165, 1.54) is 0 Å². The Morgan fingerprint density at radius 1 is 1.53 bits per heavy atom. The van der Waals surface area contributed by atoms with Gasteiger partial charge in [0.1, 0.15) is 11.9 Å². The minimum Gasteiger partial charge on any atom is -0.484 e. The predicted molar refractivity (Wildman–Crippen MR) is 75.0 cm³/mol.